The van der Waals surface area contributed by atoms with Crippen molar-refractivity contribution in [2.45, 2.75) is 13.3 Å². The van der Waals surface area contributed by atoms with Gasteiger partial charge >= 0.3 is 0 Å². The molecule has 1 aromatic carbocycles. The summed E-state index contributed by atoms with van der Waals surface area (Å²) in [4.78, 5) is 24.8. The van der Waals surface area contributed by atoms with Crippen LogP contribution in [0.3, 0.4) is 0 Å². The molecule has 0 aliphatic carbocycles. The molecular formula is C16H19N3O3. The third kappa shape index (κ3) is 3.94. The highest BCUT2D eigenvalue weighted by Gasteiger charge is 2.14. The molecule has 0 spiro atoms. The summed E-state index contributed by atoms with van der Waals surface area (Å²) in [6.45, 7) is 2.26. The summed E-state index contributed by atoms with van der Waals surface area (Å²) in [5.41, 5.74) is 2.21. The maximum atomic E-state index is 11.9. The fourth-order valence-electron chi connectivity index (χ4n) is 1.83. The van der Waals surface area contributed by atoms with Crippen molar-refractivity contribution in [3.8, 4) is 11.3 Å². The van der Waals surface area contributed by atoms with Gasteiger partial charge in [-0.2, -0.15) is 0 Å². The van der Waals surface area contributed by atoms with Gasteiger partial charge in [0.1, 0.15) is 0 Å². The molecule has 0 saturated heterocycles. The summed E-state index contributed by atoms with van der Waals surface area (Å²) in [5.74, 6) is 0.143. The zero-order chi connectivity index (χ0) is 16.1. The summed E-state index contributed by atoms with van der Waals surface area (Å²) in [7, 11) is 3.35. The monoisotopic (exact) mass is 301 g/mol. The maximum absolute atomic E-state index is 11.9. The lowest BCUT2D eigenvalue weighted by atomic mass is 10.1. The Kier molecular flexibility index (Phi) is 4.93. The minimum atomic E-state index is -0.353. The Morgan fingerprint density at radius 1 is 1.23 bits per heavy atom. The van der Waals surface area contributed by atoms with Crippen LogP contribution in [0.2, 0.25) is 0 Å². The third-order valence-corrected chi connectivity index (χ3v) is 3.20. The average Bonchev–Trinajstić information content (AvgIpc) is 2.97. The second kappa shape index (κ2) is 6.89. The quantitative estimate of drug-likeness (QED) is 0.914. The zero-order valence-electron chi connectivity index (χ0n) is 12.9. The molecule has 1 N–H and O–H groups in total. The van der Waals surface area contributed by atoms with Crippen LogP contribution in [0, 0.1) is 6.92 Å². The van der Waals surface area contributed by atoms with Crippen molar-refractivity contribution >= 4 is 11.8 Å². The van der Waals surface area contributed by atoms with E-state index in [0.717, 1.165) is 11.1 Å². The molecule has 2 rings (SSSR count). The van der Waals surface area contributed by atoms with Crippen molar-refractivity contribution in [1.82, 2.24) is 15.4 Å². The Hall–Kier alpha value is -2.63. The predicted molar refractivity (Wildman–Crippen MR) is 82.3 cm³/mol. The number of carbonyl (C=O) groups excluding carboxylic acids is 2. The second-order valence-electron chi connectivity index (χ2n) is 5.24. The summed E-state index contributed by atoms with van der Waals surface area (Å²) in [6, 6.07) is 9.34. The number of aryl methyl sites for hydroxylation is 1. The van der Waals surface area contributed by atoms with E-state index in [4.69, 9.17) is 4.52 Å². The molecule has 116 valence electrons. The molecule has 0 aliphatic rings. The van der Waals surface area contributed by atoms with Crippen molar-refractivity contribution in [3.63, 3.8) is 0 Å². The number of benzene rings is 1. The number of aromatic nitrogens is 1. The maximum Gasteiger partial charge on any atom is 0.273 e. The van der Waals surface area contributed by atoms with E-state index in [1.54, 1.807) is 20.2 Å². The first-order valence-electron chi connectivity index (χ1n) is 6.99. The molecular weight excluding hydrogens is 282 g/mol. The third-order valence-electron chi connectivity index (χ3n) is 3.20. The van der Waals surface area contributed by atoms with Crippen LogP contribution >= 0.6 is 0 Å². The van der Waals surface area contributed by atoms with Crippen molar-refractivity contribution < 1.29 is 14.1 Å². The minimum absolute atomic E-state index is 0.0409. The van der Waals surface area contributed by atoms with Gasteiger partial charge in [0.25, 0.3) is 5.91 Å². The molecule has 0 saturated carbocycles. The van der Waals surface area contributed by atoms with E-state index >= 15 is 0 Å². The number of carbonyl (C=O) groups is 2. The van der Waals surface area contributed by atoms with E-state index in [9.17, 15) is 9.59 Å². The Bertz CT molecular complexity index is 660. The normalized spacial score (nSPS) is 10.3. The van der Waals surface area contributed by atoms with Crippen LogP contribution in [0.1, 0.15) is 22.5 Å². The number of rotatable bonds is 5. The first kappa shape index (κ1) is 15.8. The highest BCUT2D eigenvalue weighted by atomic mass is 16.5. The molecule has 0 unspecified atom stereocenters. The van der Waals surface area contributed by atoms with Crippen LogP contribution in [-0.2, 0) is 4.79 Å². The van der Waals surface area contributed by atoms with Gasteiger partial charge in [0.2, 0.25) is 5.91 Å². The smallest absolute Gasteiger partial charge is 0.273 e. The highest BCUT2D eigenvalue weighted by molar-refractivity contribution is 5.93. The molecule has 2 aromatic rings. The van der Waals surface area contributed by atoms with Crippen molar-refractivity contribution in [3.05, 3.63) is 41.6 Å². The number of nitrogens with zero attached hydrogens (tertiary/aromatic N) is 2. The van der Waals surface area contributed by atoms with Gasteiger partial charge in [0, 0.05) is 38.7 Å². The Labute approximate surface area is 129 Å². The molecule has 0 bridgehead atoms. The Balaban J connectivity index is 1.94. The van der Waals surface area contributed by atoms with Crippen LogP contribution in [0.4, 0.5) is 0 Å². The molecule has 1 aromatic heterocycles. The van der Waals surface area contributed by atoms with Crippen molar-refractivity contribution in [2.75, 3.05) is 20.6 Å². The number of amides is 2. The number of hydrogen-bond acceptors (Lipinski definition) is 4. The van der Waals surface area contributed by atoms with Gasteiger partial charge < -0.3 is 14.7 Å². The van der Waals surface area contributed by atoms with Crippen molar-refractivity contribution in [1.29, 1.82) is 0 Å². The van der Waals surface area contributed by atoms with Gasteiger partial charge in [-0.15, -0.1) is 0 Å². The topological polar surface area (TPSA) is 75.4 Å². The first-order valence-corrected chi connectivity index (χ1v) is 6.99. The lowest BCUT2D eigenvalue weighted by Crippen LogP contribution is -2.30. The standard InChI is InChI=1S/C16H19N3O3/c1-11-4-6-12(7-5-11)14-10-13(18-22-14)16(21)17-9-8-15(20)19(2)3/h4-7,10H,8-9H2,1-3H3,(H,17,21). The van der Waals surface area contributed by atoms with Crippen LogP contribution in [0.5, 0.6) is 0 Å². The van der Waals surface area contributed by atoms with Gasteiger partial charge in [-0.25, -0.2) is 0 Å². The van der Waals surface area contributed by atoms with Gasteiger partial charge in [-0.3, -0.25) is 9.59 Å². The number of hydrogen-bond donors (Lipinski definition) is 1. The van der Waals surface area contributed by atoms with Crippen LogP contribution in [0.25, 0.3) is 11.3 Å². The largest absolute Gasteiger partial charge is 0.355 e. The fourth-order valence-corrected chi connectivity index (χ4v) is 1.83. The van der Waals surface area contributed by atoms with Crippen LogP contribution in [-0.4, -0.2) is 42.5 Å². The molecule has 0 fully saturated rings. The molecule has 1 heterocycles. The van der Waals surface area contributed by atoms with Crippen LogP contribution < -0.4 is 5.32 Å². The van der Waals surface area contributed by atoms with E-state index in [1.165, 1.54) is 4.90 Å². The van der Waals surface area contributed by atoms with Crippen molar-refractivity contribution in [2.24, 2.45) is 0 Å². The molecule has 0 aliphatic heterocycles. The predicted octanol–water partition coefficient (Wildman–Crippen LogP) is 1.86. The summed E-state index contributed by atoms with van der Waals surface area (Å²) in [6.07, 6.45) is 0.251. The molecule has 22 heavy (non-hydrogen) atoms. The van der Waals surface area contributed by atoms with Gasteiger partial charge in [0.15, 0.2) is 11.5 Å². The minimum Gasteiger partial charge on any atom is -0.355 e. The van der Waals surface area contributed by atoms with E-state index in [-0.39, 0.29) is 30.5 Å². The first-order chi connectivity index (χ1) is 10.5. The Morgan fingerprint density at radius 3 is 2.55 bits per heavy atom. The SMILES string of the molecule is Cc1ccc(-c2cc(C(=O)NCCC(=O)N(C)C)no2)cc1. The fraction of sp³-hybridized carbons (Fsp3) is 0.312. The zero-order valence-corrected chi connectivity index (χ0v) is 12.9. The average molecular weight is 301 g/mol. The second-order valence-corrected chi connectivity index (χ2v) is 5.24. The molecule has 0 atom stereocenters. The Morgan fingerprint density at radius 2 is 1.91 bits per heavy atom. The van der Waals surface area contributed by atoms with E-state index < -0.39 is 0 Å². The van der Waals surface area contributed by atoms with E-state index in [0.29, 0.717) is 5.76 Å². The van der Waals surface area contributed by atoms with E-state index in [2.05, 4.69) is 10.5 Å². The highest BCUT2D eigenvalue weighted by Crippen LogP contribution is 2.20. The molecule has 6 heteroatoms. The molecule has 2 amide bonds. The van der Waals surface area contributed by atoms with Gasteiger partial charge in [-0.1, -0.05) is 35.0 Å². The van der Waals surface area contributed by atoms with Gasteiger partial charge in [-0.05, 0) is 6.92 Å². The van der Waals surface area contributed by atoms with Gasteiger partial charge in [0.05, 0.1) is 0 Å². The lowest BCUT2D eigenvalue weighted by Gasteiger charge is -2.09. The molecule has 6 nitrogen and oxygen atoms in total. The summed E-state index contributed by atoms with van der Waals surface area (Å²) < 4.78 is 5.19. The summed E-state index contributed by atoms with van der Waals surface area (Å²) in [5, 5.41) is 6.42. The summed E-state index contributed by atoms with van der Waals surface area (Å²) >= 11 is 0. The molecule has 0 radical (unpaired) electrons. The lowest BCUT2D eigenvalue weighted by molar-refractivity contribution is -0.128. The van der Waals surface area contributed by atoms with E-state index in [1.807, 2.05) is 31.2 Å². The van der Waals surface area contributed by atoms with Crippen LogP contribution in [0.15, 0.2) is 34.9 Å². The number of nitrogens with one attached hydrogen (secondary N) is 1.